The maximum absolute atomic E-state index is 11.2. The fourth-order valence-electron chi connectivity index (χ4n) is 3.12. The number of carbonyl (C=O) groups is 1. The molecule has 2 aromatic carbocycles. The van der Waals surface area contributed by atoms with E-state index in [4.69, 9.17) is 10.5 Å². The topological polar surface area (TPSA) is 103 Å². The van der Waals surface area contributed by atoms with Crippen LogP contribution < -0.4 is 15.8 Å². The van der Waals surface area contributed by atoms with Crippen molar-refractivity contribution in [1.82, 2.24) is 15.0 Å². The summed E-state index contributed by atoms with van der Waals surface area (Å²) in [5.74, 6) is 8.61. The summed E-state index contributed by atoms with van der Waals surface area (Å²) in [6, 6.07) is 14.8. The van der Waals surface area contributed by atoms with Gasteiger partial charge >= 0.3 is 0 Å². The standard InChI is InChI=1S/C26H22N5O2/c1-16(2)4-5-18-6-9-22-21(13-18)26(30-15-29-22)31-19-7-11-24(17(3)12-19)33-20-8-10-23(25(27)32)28-14-20/h6-15H,1-3H3,(H2,27,32)(H,29,30,31). The van der Waals surface area contributed by atoms with Crippen LogP contribution in [0.1, 0.15) is 35.5 Å². The monoisotopic (exact) mass is 436 g/mol. The van der Waals surface area contributed by atoms with Crippen LogP contribution in [0.15, 0.2) is 61.1 Å². The molecule has 0 saturated heterocycles. The van der Waals surface area contributed by atoms with Crippen molar-refractivity contribution in [1.29, 1.82) is 0 Å². The van der Waals surface area contributed by atoms with Crippen molar-refractivity contribution in [2.24, 2.45) is 5.73 Å². The van der Waals surface area contributed by atoms with Crippen LogP contribution in [-0.2, 0) is 0 Å². The number of anilines is 2. The highest BCUT2D eigenvalue weighted by atomic mass is 16.5. The summed E-state index contributed by atoms with van der Waals surface area (Å²) < 4.78 is 5.90. The van der Waals surface area contributed by atoms with E-state index in [1.807, 2.05) is 57.2 Å². The number of carbonyl (C=O) groups excluding carboxylic acids is 1. The number of benzene rings is 2. The van der Waals surface area contributed by atoms with Gasteiger partial charge in [-0.15, -0.1) is 0 Å². The van der Waals surface area contributed by atoms with Crippen LogP contribution in [0.4, 0.5) is 11.5 Å². The SMILES string of the molecule is C[C](C)C#Cc1ccc2ncnc(Nc3ccc(Oc4ccc(C(N)=O)nc4)c(C)c3)c2c1. The number of ether oxygens (including phenoxy) is 1. The van der Waals surface area contributed by atoms with E-state index < -0.39 is 5.91 Å². The second kappa shape index (κ2) is 9.37. The summed E-state index contributed by atoms with van der Waals surface area (Å²) in [5.41, 5.74) is 8.92. The molecule has 0 fully saturated rings. The molecule has 33 heavy (non-hydrogen) atoms. The Labute approximate surface area is 192 Å². The highest BCUT2D eigenvalue weighted by molar-refractivity contribution is 5.92. The van der Waals surface area contributed by atoms with Crippen molar-refractivity contribution in [3.05, 3.63) is 83.8 Å². The van der Waals surface area contributed by atoms with Crippen molar-refractivity contribution in [2.45, 2.75) is 20.8 Å². The lowest BCUT2D eigenvalue weighted by Gasteiger charge is -2.12. The van der Waals surface area contributed by atoms with E-state index in [0.717, 1.165) is 33.6 Å². The first kappa shape index (κ1) is 21.8. The molecule has 4 aromatic rings. The lowest BCUT2D eigenvalue weighted by Crippen LogP contribution is -2.12. The van der Waals surface area contributed by atoms with E-state index in [9.17, 15) is 4.79 Å². The quantitative estimate of drug-likeness (QED) is 0.430. The summed E-state index contributed by atoms with van der Waals surface area (Å²) in [7, 11) is 0. The van der Waals surface area contributed by atoms with Gasteiger partial charge in [-0.3, -0.25) is 4.79 Å². The Morgan fingerprint density at radius 2 is 1.88 bits per heavy atom. The van der Waals surface area contributed by atoms with E-state index in [1.165, 1.54) is 18.6 Å². The number of nitrogens with zero attached hydrogens (tertiary/aromatic N) is 3. The van der Waals surface area contributed by atoms with Crippen LogP contribution in [0.3, 0.4) is 0 Å². The Kier molecular flexibility index (Phi) is 6.18. The van der Waals surface area contributed by atoms with Gasteiger partial charge in [-0.1, -0.05) is 11.8 Å². The molecule has 1 amide bonds. The van der Waals surface area contributed by atoms with Gasteiger partial charge in [0.05, 0.1) is 11.7 Å². The van der Waals surface area contributed by atoms with Crippen LogP contribution in [0.2, 0.25) is 0 Å². The number of nitrogens with two attached hydrogens (primary N) is 1. The molecule has 0 spiro atoms. The number of fused-ring (bicyclic) bond motifs is 1. The molecular weight excluding hydrogens is 414 g/mol. The predicted octanol–water partition coefficient (Wildman–Crippen LogP) is 4.93. The van der Waals surface area contributed by atoms with Crippen molar-refractivity contribution >= 4 is 28.3 Å². The summed E-state index contributed by atoms with van der Waals surface area (Å²) in [4.78, 5) is 24.0. The summed E-state index contributed by atoms with van der Waals surface area (Å²) in [5, 5.41) is 4.25. The van der Waals surface area contributed by atoms with Gasteiger partial charge in [-0.05, 0) is 74.9 Å². The predicted molar refractivity (Wildman–Crippen MR) is 128 cm³/mol. The minimum atomic E-state index is -0.580. The van der Waals surface area contributed by atoms with Gasteiger partial charge < -0.3 is 15.8 Å². The molecule has 4 rings (SSSR count). The molecule has 7 nitrogen and oxygen atoms in total. The van der Waals surface area contributed by atoms with Gasteiger partial charge in [-0.2, -0.15) is 0 Å². The minimum Gasteiger partial charge on any atom is -0.455 e. The Balaban J connectivity index is 1.57. The fourth-order valence-corrected chi connectivity index (χ4v) is 3.12. The first-order chi connectivity index (χ1) is 15.9. The average Bonchev–Trinajstić information content (AvgIpc) is 2.80. The van der Waals surface area contributed by atoms with E-state index in [2.05, 4.69) is 32.1 Å². The molecule has 1 radical (unpaired) electrons. The summed E-state index contributed by atoms with van der Waals surface area (Å²) >= 11 is 0. The molecule has 3 N–H and O–H groups in total. The summed E-state index contributed by atoms with van der Waals surface area (Å²) in [6.45, 7) is 5.90. The maximum atomic E-state index is 11.2. The molecular formula is C26H22N5O2. The zero-order chi connectivity index (χ0) is 23.4. The number of hydrogen-bond acceptors (Lipinski definition) is 6. The van der Waals surface area contributed by atoms with Crippen LogP contribution in [0, 0.1) is 24.7 Å². The van der Waals surface area contributed by atoms with E-state index in [-0.39, 0.29) is 5.69 Å². The van der Waals surface area contributed by atoms with Crippen LogP contribution in [0.5, 0.6) is 11.5 Å². The lowest BCUT2D eigenvalue weighted by molar-refractivity contribution is 0.0995. The first-order valence-corrected chi connectivity index (χ1v) is 10.3. The molecule has 2 heterocycles. The number of rotatable bonds is 5. The average molecular weight is 436 g/mol. The lowest BCUT2D eigenvalue weighted by atomic mass is 10.1. The molecule has 7 heteroatoms. The number of pyridine rings is 1. The number of aromatic nitrogens is 3. The van der Waals surface area contributed by atoms with Gasteiger partial charge in [-0.25, -0.2) is 15.0 Å². The second-order valence-corrected chi connectivity index (χ2v) is 7.65. The molecule has 163 valence electrons. The normalized spacial score (nSPS) is 10.5. The number of nitrogens with one attached hydrogen (secondary N) is 1. The zero-order valence-corrected chi connectivity index (χ0v) is 18.5. The van der Waals surface area contributed by atoms with Crippen molar-refractivity contribution in [3.8, 4) is 23.3 Å². The largest absolute Gasteiger partial charge is 0.455 e. The van der Waals surface area contributed by atoms with Gasteiger partial charge in [0.15, 0.2) is 0 Å². The molecule has 0 aliphatic rings. The third-order valence-corrected chi connectivity index (χ3v) is 4.75. The van der Waals surface area contributed by atoms with E-state index >= 15 is 0 Å². The highest BCUT2D eigenvalue weighted by Gasteiger charge is 2.09. The maximum Gasteiger partial charge on any atom is 0.267 e. The number of amides is 1. The molecule has 2 aromatic heterocycles. The minimum absolute atomic E-state index is 0.188. The van der Waals surface area contributed by atoms with E-state index in [0.29, 0.717) is 17.3 Å². The van der Waals surface area contributed by atoms with Crippen LogP contribution in [0.25, 0.3) is 10.9 Å². The van der Waals surface area contributed by atoms with Gasteiger partial charge in [0.2, 0.25) is 0 Å². The third-order valence-electron chi connectivity index (χ3n) is 4.75. The fraction of sp³-hybridized carbons (Fsp3) is 0.115. The van der Waals surface area contributed by atoms with E-state index in [1.54, 1.807) is 6.07 Å². The van der Waals surface area contributed by atoms with Gasteiger partial charge in [0, 0.05) is 22.6 Å². The highest BCUT2D eigenvalue weighted by Crippen LogP contribution is 2.29. The Hall–Kier alpha value is -4.44. The Bertz CT molecular complexity index is 1390. The van der Waals surface area contributed by atoms with Crippen LogP contribution in [-0.4, -0.2) is 20.9 Å². The number of primary amides is 1. The molecule has 0 aliphatic heterocycles. The number of aryl methyl sites for hydroxylation is 1. The third kappa shape index (κ3) is 5.25. The van der Waals surface area contributed by atoms with Crippen molar-refractivity contribution < 1.29 is 9.53 Å². The number of hydrogen-bond donors (Lipinski definition) is 2. The van der Waals surface area contributed by atoms with Crippen molar-refractivity contribution in [2.75, 3.05) is 5.32 Å². The summed E-state index contributed by atoms with van der Waals surface area (Å²) in [6.07, 6.45) is 3.00. The van der Waals surface area contributed by atoms with Gasteiger partial charge in [0.25, 0.3) is 5.91 Å². The molecule has 0 saturated carbocycles. The molecule has 0 atom stereocenters. The Morgan fingerprint density at radius 3 is 2.58 bits per heavy atom. The molecule has 0 bridgehead atoms. The molecule has 0 unspecified atom stereocenters. The van der Waals surface area contributed by atoms with Crippen LogP contribution >= 0.6 is 0 Å². The smallest absolute Gasteiger partial charge is 0.267 e. The Morgan fingerprint density at radius 1 is 1.03 bits per heavy atom. The first-order valence-electron chi connectivity index (χ1n) is 10.3. The second-order valence-electron chi connectivity index (χ2n) is 7.65. The van der Waals surface area contributed by atoms with Gasteiger partial charge in [0.1, 0.15) is 29.3 Å². The van der Waals surface area contributed by atoms with Crippen molar-refractivity contribution in [3.63, 3.8) is 0 Å². The molecule has 0 aliphatic carbocycles. The zero-order valence-electron chi connectivity index (χ0n) is 18.5.